The highest BCUT2D eigenvalue weighted by atomic mass is 79.9. The standard InChI is InChI=1S/C31H24BrN3O4/c1-3-38-28-18-21(11-16-27(28)39-31(37)23-8-6-7-20(2)17-23)19-33-35-29(22-12-14-24(32)15-13-22)34-26-10-5-4-9-25(26)30(35)36/h4-19H,3H2,1-2H3. The number of aryl methyl sites for hydroxylation is 1. The van der Waals surface area contributed by atoms with Crippen LogP contribution < -0.4 is 15.0 Å². The largest absolute Gasteiger partial charge is 0.490 e. The maximum atomic E-state index is 13.4. The van der Waals surface area contributed by atoms with Crippen molar-refractivity contribution in [1.29, 1.82) is 0 Å². The predicted octanol–water partition coefficient (Wildman–Crippen LogP) is 6.63. The number of ether oxygens (including phenoxy) is 2. The smallest absolute Gasteiger partial charge is 0.343 e. The van der Waals surface area contributed by atoms with Gasteiger partial charge in [-0.15, -0.1) is 0 Å². The first-order chi connectivity index (χ1) is 18.9. The summed E-state index contributed by atoms with van der Waals surface area (Å²) in [6.45, 7) is 4.13. The normalized spacial score (nSPS) is 11.2. The van der Waals surface area contributed by atoms with E-state index in [1.165, 1.54) is 4.68 Å². The lowest BCUT2D eigenvalue weighted by Gasteiger charge is -2.12. The third kappa shape index (κ3) is 5.81. The molecule has 8 heteroatoms. The lowest BCUT2D eigenvalue weighted by atomic mass is 10.1. The topological polar surface area (TPSA) is 82.8 Å². The van der Waals surface area contributed by atoms with E-state index in [0.717, 1.165) is 15.6 Å². The molecule has 0 spiro atoms. The Hall–Kier alpha value is -4.56. The molecule has 5 rings (SSSR count). The van der Waals surface area contributed by atoms with Gasteiger partial charge in [0.15, 0.2) is 17.3 Å². The van der Waals surface area contributed by atoms with E-state index in [-0.39, 0.29) is 5.56 Å². The van der Waals surface area contributed by atoms with Crippen LogP contribution in [-0.2, 0) is 0 Å². The van der Waals surface area contributed by atoms with E-state index in [1.54, 1.807) is 60.8 Å². The van der Waals surface area contributed by atoms with Crippen molar-refractivity contribution in [2.24, 2.45) is 5.10 Å². The highest BCUT2D eigenvalue weighted by molar-refractivity contribution is 9.10. The molecule has 0 saturated carbocycles. The zero-order valence-electron chi connectivity index (χ0n) is 21.3. The molecule has 0 saturated heterocycles. The Morgan fingerprint density at radius 1 is 0.974 bits per heavy atom. The second-order valence-corrected chi connectivity index (χ2v) is 9.63. The van der Waals surface area contributed by atoms with Gasteiger partial charge in [0.2, 0.25) is 0 Å². The zero-order chi connectivity index (χ0) is 27.4. The van der Waals surface area contributed by atoms with Crippen molar-refractivity contribution in [3.63, 3.8) is 0 Å². The zero-order valence-corrected chi connectivity index (χ0v) is 22.9. The van der Waals surface area contributed by atoms with Gasteiger partial charge in [0, 0.05) is 10.0 Å². The number of halogens is 1. The van der Waals surface area contributed by atoms with Crippen LogP contribution in [0.3, 0.4) is 0 Å². The summed E-state index contributed by atoms with van der Waals surface area (Å²) in [6.07, 6.45) is 1.55. The second kappa shape index (κ2) is 11.4. The van der Waals surface area contributed by atoms with E-state index in [9.17, 15) is 9.59 Å². The van der Waals surface area contributed by atoms with E-state index >= 15 is 0 Å². The SMILES string of the molecule is CCOc1cc(C=Nn2c(-c3ccc(Br)cc3)nc3ccccc3c2=O)ccc1OC(=O)c1cccc(C)c1. The molecule has 194 valence electrons. The molecule has 1 heterocycles. The summed E-state index contributed by atoms with van der Waals surface area (Å²) in [5.74, 6) is 0.616. The van der Waals surface area contributed by atoms with E-state index in [0.29, 0.717) is 46.0 Å². The number of hydrogen-bond acceptors (Lipinski definition) is 6. The Labute approximate surface area is 233 Å². The number of hydrogen-bond donors (Lipinski definition) is 0. The van der Waals surface area contributed by atoms with Crippen LogP contribution in [0, 0.1) is 6.92 Å². The van der Waals surface area contributed by atoms with Crippen molar-refractivity contribution < 1.29 is 14.3 Å². The number of benzene rings is 4. The number of fused-ring (bicyclic) bond motifs is 1. The van der Waals surface area contributed by atoms with Gasteiger partial charge in [-0.05, 0) is 74.0 Å². The van der Waals surface area contributed by atoms with Gasteiger partial charge >= 0.3 is 5.97 Å². The third-order valence-corrected chi connectivity index (χ3v) is 6.43. The lowest BCUT2D eigenvalue weighted by Crippen LogP contribution is -2.20. The summed E-state index contributed by atoms with van der Waals surface area (Å²) >= 11 is 3.45. The fraction of sp³-hybridized carbons (Fsp3) is 0.0968. The maximum absolute atomic E-state index is 13.4. The average molecular weight is 582 g/mol. The van der Waals surface area contributed by atoms with Crippen molar-refractivity contribution in [1.82, 2.24) is 9.66 Å². The van der Waals surface area contributed by atoms with Gasteiger partial charge in [-0.25, -0.2) is 9.78 Å². The highest BCUT2D eigenvalue weighted by Gasteiger charge is 2.15. The summed E-state index contributed by atoms with van der Waals surface area (Å²) in [4.78, 5) is 30.9. The quantitative estimate of drug-likeness (QED) is 0.122. The van der Waals surface area contributed by atoms with Crippen LogP contribution in [-0.4, -0.2) is 28.5 Å². The Balaban J connectivity index is 1.52. The number of para-hydroxylation sites is 1. The molecule has 0 amide bonds. The molecular weight excluding hydrogens is 558 g/mol. The highest BCUT2D eigenvalue weighted by Crippen LogP contribution is 2.29. The van der Waals surface area contributed by atoms with Gasteiger partial charge in [-0.2, -0.15) is 9.78 Å². The number of rotatable bonds is 7. The van der Waals surface area contributed by atoms with Crippen LogP contribution in [0.2, 0.25) is 0 Å². The molecule has 0 atom stereocenters. The molecule has 0 N–H and O–H groups in total. The lowest BCUT2D eigenvalue weighted by molar-refractivity contribution is 0.0728. The first kappa shape index (κ1) is 26.1. The molecule has 4 aromatic carbocycles. The van der Waals surface area contributed by atoms with Crippen molar-refractivity contribution in [2.45, 2.75) is 13.8 Å². The summed E-state index contributed by atoms with van der Waals surface area (Å²) in [6, 6.07) is 27.0. The first-order valence-electron chi connectivity index (χ1n) is 12.3. The van der Waals surface area contributed by atoms with Gasteiger partial charge in [-0.3, -0.25) is 4.79 Å². The van der Waals surface area contributed by atoms with Crippen molar-refractivity contribution >= 4 is 39.0 Å². The summed E-state index contributed by atoms with van der Waals surface area (Å²) < 4.78 is 13.6. The minimum atomic E-state index is -0.478. The van der Waals surface area contributed by atoms with E-state index in [2.05, 4.69) is 21.0 Å². The van der Waals surface area contributed by atoms with E-state index in [4.69, 9.17) is 14.5 Å². The minimum absolute atomic E-state index is 0.288. The van der Waals surface area contributed by atoms with Crippen molar-refractivity contribution in [2.75, 3.05) is 6.61 Å². The van der Waals surface area contributed by atoms with Crippen LogP contribution in [0.25, 0.3) is 22.3 Å². The number of nitrogens with zero attached hydrogens (tertiary/aromatic N) is 3. The summed E-state index contributed by atoms with van der Waals surface area (Å²) in [5.41, 5.74) is 3.10. The molecular formula is C31H24BrN3O4. The number of carbonyl (C=O) groups is 1. The van der Waals surface area contributed by atoms with E-state index in [1.807, 2.05) is 50.2 Å². The number of aromatic nitrogens is 2. The van der Waals surface area contributed by atoms with Crippen LogP contribution >= 0.6 is 15.9 Å². The van der Waals surface area contributed by atoms with Gasteiger partial charge in [-0.1, -0.05) is 57.9 Å². The molecule has 0 aliphatic rings. The second-order valence-electron chi connectivity index (χ2n) is 8.72. The van der Waals surface area contributed by atoms with Gasteiger partial charge < -0.3 is 9.47 Å². The van der Waals surface area contributed by atoms with Crippen LogP contribution in [0.5, 0.6) is 11.5 Å². The third-order valence-electron chi connectivity index (χ3n) is 5.90. The molecule has 1 aromatic heterocycles. The first-order valence-corrected chi connectivity index (χ1v) is 13.1. The van der Waals surface area contributed by atoms with Crippen LogP contribution in [0.4, 0.5) is 0 Å². The van der Waals surface area contributed by atoms with Gasteiger partial charge in [0.1, 0.15) is 0 Å². The van der Waals surface area contributed by atoms with Gasteiger partial charge in [0.05, 0.1) is 29.3 Å². The fourth-order valence-electron chi connectivity index (χ4n) is 4.03. The molecule has 0 aliphatic carbocycles. The predicted molar refractivity (Wildman–Crippen MR) is 156 cm³/mol. The van der Waals surface area contributed by atoms with Crippen molar-refractivity contribution in [3.05, 3.63) is 123 Å². The number of esters is 1. The molecule has 7 nitrogen and oxygen atoms in total. The van der Waals surface area contributed by atoms with Crippen LogP contribution in [0.15, 0.2) is 105 Å². The Morgan fingerprint density at radius 3 is 2.54 bits per heavy atom. The van der Waals surface area contributed by atoms with E-state index < -0.39 is 5.97 Å². The van der Waals surface area contributed by atoms with Gasteiger partial charge in [0.25, 0.3) is 5.56 Å². The molecule has 0 unspecified atom stereocenters. The Kier molecular flexibility index (Phi) is 7.65. The summed E-state index contributed by atoms with van der Waals surface area (Å²) in [7, 11) is 0. The Bertz CT molecular complexity index is 1760. The average Bonchev–Trinajstić information content (AvgIpc) is 2.94. The van der Waals surface area contributed by atoms with Crippen molar-refractivity contribution in [3.8, 4) is 22.9 Å². The molecule has 0 aliphatic heterocycles. The monoisotopic (exact) mass is 581 g/mol. The molecule has 0 radical (unpaired) electrons. The summed E-state index contributed by atoms with van der Waals surface area (Å²) in [5, 5.41) is 4.98. The van der Waals surface area contributed by atoms with Crippen LogP contribution in [0.1, 0.15) is 28.4 Å². The molecule has 5 aromatic rings. The maximum Gasteiger partial charge on any atom is 0.343 e. The Morgan fingerprint density at radius 2 is 1.77 bits per heavy atom. The molecule has 0 fully saturated rings. The molecule has 0 bridgehead atoms. The number of carbonyl (C=O) groups excluding carboxylic acids is 1. The fourth-order valence-corrected chi connectivity index (χ4v) is 4.29. The molecule has 39 heavy (non-hydrogen) atoms. The minimum Gasteiger partial charge on any atom is -0.490 e.